The molecule has 0 saturated carbocycles. The molecule has 248 valence electrons. The van der Waals surface area contributed by atoms with Crippen LogP contribution in [0, 0.1) is 5.92 Å². The number of thioether (sulfide) groups is 1. The molecule has 0 aliphatic heterocycles. The Labute approximate surface area is 288 Å². The fourth-order valence-electron chi connectivity index (χ4n) is 5.27. The van der Waals surface area contributed by atoms with E-state index in [2.05, 4.69) is 22.9 Å². The number of carbonyl (C=O) groups excluding carboxylic acids is 4. The summed E-state index contributed by atoms with van der Waals surface area (Å²) in [7, 11) is 1.35. The Kier molecular flexibility index (Phi) is 11.7. The monoisotopic (exact) mass is 683 g/mol. The van der Waals surface area contributed by atoms with Crippen molar-refractivity contribution in [2.45, 2.75) is 38.0 Å². The fourth-order valence-corrected chi connectivity index (χ4v) is 7.44. The van der Waals surface area contributed by atoms with Crippen molar-refractivity contribution in [1.29, 1.82) is 0 Å². The Hall–Kier alpha value is -4.87. The lowest BCUT2D eigenvalue weighted by Gasteiger charge is -2.18. The van der Waals surface area contributed by atoms with Crippen LogP contribution in [-0.2, 0) is 27.2 Å². The number of rotatable bonds is 12. The van der Waals surface area contributed by atoms with Gasteiger partial charge >= 0.3 is 5.97 Å². The lowest BCUT2D eigenvalue weighted by atomic mass is 9.88. The standard InChI is InChI=1S/C37H37N3O6S2/c1-4-46-27-16-14-24(15-17-27)20-30(39-34(42)25-9-6-5-7-10-25)35(43)38-26-11-8-12-28(21-26)47-22-32(41)40-36-33(37(44)45-3)29-18-13-23(2)19-31(29)48-36/h5-12,14-17,20-21,23H,4,13,18-19,22H2,1-3H3,(H,38,43)(H,39,42)(H,40,41)/b30-20+. The van der Waals surface area contributed by atoms with Crippen LogP contribution in [0.3, 0.4) is 0 Å². The molecular weight excluding hydrogens is 647 g/mol. The summed E-state index contributed by atoms with van der Waals surface area (Å²) >= 11 is 2.74. The van der Waals surface area contributed by atoms with Gasteiger partial charge in [0.1, 0.15) is 16.4 Å². The molecule has 5 rings (SSSR count). The minimum atomic E-state index is -0.514. The Morgan fingerprint density at radius 3 is 2.48 bits per heavy atom. The average Bonchev–Trinajstić information content (AvgIpc) is 3.44. The van der Waals surface area contributed by atoms with Crippen molar-refractivity contribution in [3.8, 4) is 5.75 Å². The molecule has 4 aromatic rings. The third kappa shape index (κ3) is 8.93. The van der Waals surface area contributed by atoms with Crippen molar-refractivity contribution in [1.82, 2.24) is 5.32 Å². The third-order valence-electron chi connectivity index (χ3n) is 7.65. The summed E-state index contributed by atoms with van der Waals surface area (Å²) in [6.07, 6.45) is 4.25. The molecule has 3 N–H and O–H groups in total. The lowest BCUT2D eigenvalue weighted by Crippen LogP contribution is -2.30. The number of nitrogens with one attached hydrogen (secondary N) is 3. The third-order valence-corrected chi connectivity index (χ3v) is 9.81. The summed E-state index contributed by atoms with van der Waals surface area (Å²) < 4.78 is 10.6. The molecule has 1 aliphatic carbocycles. The second kappa shape index (κ2) is 16.3. The Morgan fingerprint density at radius 2 is 1.75 bits per heavy atom. The minimum Gasteiger partial charge on any atom is -0.494 e. The molecule has 3 aromatic carbocycles. The lowest BCUT2D eigenvalue weighted by molar-refractivity contribution is -0.114. The molecule has 1 atom stereocenters. The number of amides is 3. The minimum absolute atomic E-state index is 0.0555. The van der Waals surface area contributed by atoms with E-state index >= 15 is 0 Å². The van der Waals surface area contributed by atoms with Crippen LogP contribution in [-0.4, -0.2) is 43.2 Å². The van der Waals surface area contributed by atoms with Gasteiger partial charge in [0.05, 0.1) is 25.0 Å². The maximum Gasteiger partial charge on any atom is 0.341 e. The zero-order valence-electron chi connectivity index (χ0n) is 27.0. The Bertz CT molecular complexity index is 1820. The number of thiophene rings is 1. The molecular formula is C37H37N3O6S2. The van der Waals surface area contributed by atoms with Gasteiger partial charge in [0.2, 0.25) is 5.91 Å². The summed E-state index contributed by atoms with van der Waals surface area (Å²) in [5.41, 5.74) is 3.09. The maximum atomic E-state index is 13.5. The predicted octanol–water partition coefficient (Wildman–Crippen LogP) is 7.20. The highest BCUT2D eigenvalue weighted by molar-refractivity contribution is 8.00. The van der Waals surface area contributed by atoms with Gasteiger partial charge in [-0.3, -0.25) is 14.4 Å². The Morgan fingerprint density at radius 1 is 0.979 bits per heavy atom. The number of hydrogen-bond acceptors (Lipinski definition) is 8. The normalized spacial score (nSPS) is 14.0. The molecule has 0 radical (unpaired) electrons. The van der Waals surface area contributed by atoms with E-state index in [9.17, 15) is 19.2 Å². The number of benzene rings is 3. The Balaban J connectivity index is 1.27. The molecule has 1 aliphatic rings. The van der Waals surface area contributed by atoms with Crippen molar-refractivity contribution in [2.75, 3.05) is 30.1 Å². The topological polar surface area (TPSA) is 123 Å². The van der Waals surface area contributed by atoms with E-state index in [0.29, 0.717) is 45.7 Å². The van der Waals surface area contributed by atoms with Gasteiger partial charge in [-0.15, -0.1) is 23.1 Å². The molecule has 3 amide bonds. The van der Waals surface area contributed by atoms with E-state index in [-0.39, 0.29) is 17.4 Å². The highest BCUT2D eigenvalue weighted by Crippen LogP contribution is 2.40. The highest BCUT2D eigenvalue weighted by atomic mass is 32.2. The van der Waals surface area contributed by atoms with Crippen molar-refractivity contribution in [3.05, 3.63) is 112 Å². The van der Waals surface area contributed by atoms with Gasteiger partial charge in [-0.2, -0.15) is 0 Å². The second-order valence-corrected chi connectivity index (χ2v) is 13.4. The van der Waals surface area contributed by atoms with Gasteiger partial charge in [0.25, 0.3) is 11.8 Å². The van der Waals surface area contributed by atoms with Crippen LogP contribution >= 0.6 is 23.1 Å². The molecule has 0 fully saturated rings. The van der Waals surface area contributed by atoms with Crippen molar-refractivity contribution < 1.29 is 28.7 Å². The molecule has 0 bridgehead atoms. The quantitative estimate of drug-likeness (QED) is 0.0820. The predicted molar refractivity (Wildman–Crippen MR) is 191 cm³/mol. The average molecular weight is 684 g/mol. The van der Waals surface area contributed by atoms with Crippen LogP contribution in [0.4, 0.5) is 10.7 Å². The number of anilines is 2. The zero-order valence-corrected chi connectivity index (χ0v) is 28.6. The molecule has 1 heterocycles. The number of ether oxygens (including phenoxy) is 2. The summed E-state index contributed by atoms with van der Waals surface area (Å²) in [5.74, 6) is -0.321. The van der Waals surface area contributed by atoms with Gasteiger partial charge < -0.3 is 25.4 Å². The van der Waals surface area contributed by atoms with E-state index in [0.717, 1.165) is 34.6 Å². The molecule has 0 spiro atoms. The molecule has 0 saturated heterocycles. The van der Waals surface area contributed by atoms with Crippen LogP contribution in [0.15, 0.2) is 89.5 Å². The van der Waals surface area contributed by atoms with Gasteiger partial charge in [-0.05, 0) is 91.8 Å². The summed E-state index contributed by atoms with van der Waals surface area (Å²) in [5, 5.41) is 9.06. The van der Waals surface area contributed by atoms with E-state index in [1.54, 1.807) is 72.8 Å². The summed E-state index contributed by atoms with van der Waals surface area (Å²) in [6, 6.07) is 22.9. The van der Waals surface area contributed by atoms with E-state index in [4.69, 9.17) is 9.47 Å². The first kappa shape index (κ1) is 34.5. The van der Waals surface area contributed by atoms with Crippen molar-refractivity contribution in [3.63, 3.8) is 0 Å². The van der Waals surface area contributed by atoms with Crippen LogP contribution in [0.2, 0.25) is 0 Å². The molecule has 48 heavy (non-hydrogen) atoms. The van der Waals surface area contributed by atoms with Crippen LogP contribution in [0.5, 0.6) is 5.75 Å². The largest absolute Gasteiger partial charge is 0.494 e. The molecule has 1 aromatic heterocycles. The molecule has 1 unspecified atom stereocenters. The van der Waals surface area contributed by atoms with Gasteiger partial charge in [0, 0.05) is 21.0 Å². The SMILES string of the molecule is CCOc1ccc(/C=C(/NC(=O)c2ccccc2)C(=O)Nc2cccc(SCC(=O)Nc3sc4c(c3C(=O)OC)CCC(C)C4)c2)cc1. The van der Waals surface area contributed by atoms with Crippen LogP contribution in [0.1, 0.15) is 57.0 Å². The van der Waals surface area contributed by atoms with E-state index in [1.165, 1.54) is 30.2 Å². The van der Waals surface area contributed by atoms with Crippen LogP contribution < -0.4 is 20.7 Å². The first-order valence-electron chi connectivity index (χ1n) is 15.6. The van der Waals surface area contributed by atoms with Crippen molar-refractivity contribution in [2.24, 2.45) is 5.92 Å². The van der Waals surface area contributed by atoms with E-state index < -0.39 is 17.8 Å². The number of carbonyl (C=O) groups is 4. The first-order chi connectivity index (χ1) is 23.2. The molecule has 11 heteroatoms. The number of hydrogen-bond donors (Lipinski definition) is 3. The maximum absolute atomic E-state index is 13.5. The summed E-state index contributed by atoms with van der Waals surface area (Å²) in [6.45, 7) is 4.62. The zero-order chi connectivity index (χ0) is 34.0. The van der Waals surface area contributed by atoms with Crippen molar-refractivity contribution >= 4 is 63.6 Å². The number of fused-ring (bicyclic) bond motifs is 1. The fraction of sp³-hybridized carbons (Fsp3) is 0.243. The summed E-state index contributed by atoms with van der Waals surface area (Å²) in [4.78, 5) is 54.0. The second-order valence-electron chi connectivity index (χ2n) is 11.2. The smallest absolute Gasteiger partial charge is 0.341 e. The number of esters is 1. The van der Waals surface area contributed by atoms with Gasteiger partial charge in [0.15, 0.2) is 0 Å². The van der Waals surface area contributed by atoms with Crippen LogP contribution in [0.25, 0.3) is 6.08 Å². The van der Waals surface area contributed by atoms with Gasteiger partial charge in [-0.1, -0.05) is 43.3 Å². The van der Waals surface area contributed by atoms with Gasteiger partial charge in [-0.25, -0.2) is 4.79 Å². The first-order valence-corrected chi connectivity index (χ1v) is 17.4. The number of methoxy groups -OCH3 is 1. The van der Waals surface area contributed by atoms with E-state index in [1.807, 2.05) is 19.1 Å². The molecule has 9 nitrogen and oxygen atoms in total. The highest BCUT2D eigenvalue weighted by Gasteiger charge is 2.29.